The van der Waals surface area contributed by atoms with Gasteiger partial charge in [0.1, 0.15) is 6.04 Å². The fourth-order valence-corrected chi connectivity index (χ4v) is 5.36. The number of sulfonamides is 1. The summed E-state index contributed by atoms with van der Waals surface area (Å²) in [6.45, 7) is 8.73. The number of anilines is 1. The smallest absolute Gasteiger partial charge is 0.242 e. The first-order valence-electron chi connectivity index (χ1n) is 12.9. The van der Waals surface area contributed by atoms with Gasteiger partial charge in [-0.3, -0.25) is 13.9 Å². The number of benzene rings is 2. The highest BCUT2D eigenvalue weighted by Gasteiger charge is 2.29. The van der Waals surface area contributed by atoms with E-state index >= 15 is 0 Å². The highest BCUT2D eigenvalue weighted by molar-refractivity contribution is 7.92. The first-order chi connectivity index (χ1) is 17.9. The van der Waals surface area contributed by atoms with E-state index in [0.717, 1.165) is 23.8 Å². The lowest BCUT2D eigenvalue weighted by atomic mass is 10.1. The molecule has 0 aliphatic rings. The Hall–Kier alpha value is -2.29. The number of rotatable bonds is 14. The van der Waals surface area contributed by atoms with Crippen LogP contribution in [0.3, 0.4) is 0 Å². The maximum absolute atomic E-state index is 13.5. The second-order valence-corrected chi connectivity index (χ2v) is 12.5. The molecule has 2 aromatic carbocycles. The molecule has 1 atom stereocenters. The summed E-state index contributed by atoms with van der Waals surface area (Å²) < 4.78 is 26.4. The molecule has 2 amide bonds. The van der Waals surface area contributed by atoms with E-state index in [4.69, 9.17) is 23.2 Å². The molecular weight excluding hydrogens is 545 g/mol. The summed E-state index contributed by atoms with van der Waals surface area (Å²) in [5.41, 5.74) is 2.41. The molecule has 0 saturated carbocycles. The lowest BCUT2D eigenvalue weighted by molar-refractivity contribution is -0.141. The van der Waals surface area contributed by atoms with Crippen LogP contribution in [0.2, 0.25) is 10.0 Å². The zero-order chi connectivity index (χ0) is 28.5. The Kier molecular flexibility index (Phi) is 12.4. The van der Waals surface area contributed by atoms with Crippen molar-refractivity contribution in [2.75, 3.05) is 23.7 Å². The van der Waals surface area contributed by atoms with E-state index in [0.29, 0.717) is 35.1 Å². The third-order valence-electron chi connectivity index (χ3n) is 6.19. The average molecular weight is 585 g/mol. The van der Waals surface area contributed by atoms with Gasteiger partial charge in [0.25, 0.3) is 0 Å². The summed E-state index contributed by atoms with van der Waals surface area (Å²) in [4.78, 5) is 28.1. The number of halogens is 2. The van der Waals surface area contributed by atoms with Gasteiger partial charge in [-0.1, -0.05) is 69.1 Å². The average Bonchev–Trinajstić information content (AvgIpc) is 2.86. The van der Waals surface area contributed by atoms with Crippen molar-refractivity contribution in [2.24, 2.45) is 5.92 Å². The molecule has 2 aromatic rings. The summed E-state index contributed by atoms with van der Waals surface area (Å²) in [6.07, 6.45) is 2.81. The maximum atomic E-state index is 13.5. The molecule has 10 heteroatoms. The van der Waals surface area contributed by atoms with Crippen molar-refractivity contribution >= 4 is 50.7 Å². The molecule has 0 radical (unpaired) electrons. The van der Waals surface area contributed by atoms with Gasteiger partial charge in [-0.15, -0.1) is 0 Å². The number of nitrogens with one attached hydrogen (secondary N) is 1. The number of carbonyl (C=O) groups excluding carboxylic acids is 2. The first kappa shape index (κ1) is 31.9. The summed E-state index contributed by atoms with van der Waals surface area (Å²) >= 11 is 12.3. The minimum absolute atomic E-state index is 0.0777. The van der Waals surface area contributed by atoms with E-state index in [1.165, 1.54) is 4.31 Å². The Bertz CT molecular complexity index is 1190. The fraction of sp³-hybridized carbons (Fsp3) is 0.500. The molecule has 0 saturated heterocycles. The lowest BCUT2D eigenvalue weighted by Crippen LogP contribution is -2.49. The van der Waals surface area contributed by atoms with Crippen LogP contribution >= 0.6 is 23.2 Å². The molecule has 210 valence electrons. The van der Waals surface area contributed by atoms with Crippen LogP contribution in [-0.2, 0) is 32.6 Å². The second kappa shape index (κ2) is 14.8. The molecule has 0 aliphatic carbocycles. The van der Waals surface area contributed by atoms with Gasteiger partial charge in [0.2, 0.25) is 21.8 Å². The van der Waals surface area contributed by atoms with E-state index < -0.39 is 16.1 Å². The van der Waals surface area contributed by atoms with Crippen molar-refractivity contribution in [3.05, 3.63) is 63.6 Å². The Labute approximate surface area is 237 Å². The van der Waals surface area contributed by atoms with Crippen LogP contribution in [0.4, 0.5) is 5.69 Å². The molecule has 2 rings (SSSR count). The van der Waals surface area contributed by atoms with Crippen molar-refractivity contribution < 1.29 is 18.0 Å². The second-order valence-electron chi connectivity index (χ2n) is 9.79. The minimum atomic E-state index is -3.55. The van der Waals surface area contributed by atoms with Gasteiger partial charge in [-0.25, -0.2) is 8.42 Å². The van der Waals surface area contributed by atoms with E-state index in [2.05, 4.69) is 5.32 Å². The van der Waals surface area contributed by atoms with E-state index in [-0.39, 0.29) is 37.2 Å². The predicted octanol–water partition coefficient (Wildman–Crippen LogP) is 5.68. The van der Waals surface area contributed by atoms with E-state index in [9.17, 15) is 18.0 Å². The quantitative estimate of drug-likeness (QED) is 0.310. The largest absolute Gasteiger partial charge is 0.354 e. The monoisotopic (exact) mass is 583 g/mol. The lowest BCUT2D eigenvalue weighted by Gasteiger charge is -2.31. The molecule has 0 aliphatic heterocycles. The van der Waals surface area contributed by atoms with Crippen LogP contribution in [0.5, 0.6) is 0 Å². The van der Waals surface area contributed by atoms with Crippen LogP contribution < -0.4 is 9.62 Å². The molecule has 0 heterocycles. The normalized spacial score (nSPS) is 12.3. The zero-order valence-electron chi connectivity index (χ0n) is 22.8. The maximum Gasteiger partial charge on any atom is 0.242 e. The van der Waals surface area contributed by atoms with Crippen LogP contribution in [0, 0.1) is 5.92 Å². The predicted molar refractivity (Wildman–Crippen MR) is 156 cm³/mol. The Balaban J connectivity index is 2.23. The molecule has 0 aromatic heterocycles. The molecule has 0 unspecified atom stereocenters. The molecular formula is C28H39Cl2N3O4S. The molecule has 0 fully saturated rings. The van der Waals surface area contributed by atoms with Gasteiger partial charge in [-0.05, 0) is 60.6 Å². The summed E-state index contributed by atoms with van der Waals surface area (Å²) in [5.74, 6) is -0.190. The molecule has 1 N–H and O–H groups in total. The van der Waals surface area contributed by atoms with E-state index in [1.807, 2.05) is 39.8 Å². The molecule has 7 nitrogen and oxygen atoms in total. The van der Waals surface area contributed by atoms with Crippen molar-refractivity contribution in [1.29, 1.82) is 0 Å². The van der Waals surface area contributed by atoms with E-state index in [1.54, 1.807) is 35.2 Å². The van der Waals surface area contributed by atoms with Gasteiger partial charge in [0, 0.05) is 26.1 Å². The van der Waals surface area contributed by atoms with Gasteiger partial charge in [-0.2, -0.15) is 0 Å². The molecule has 38 heavy (non-hydrogen) atoms. The highest BCUT2D eigenvalue weighted by atomic mass is 35.5. The Morgan fingerprint density at radius 1 is 0.974 bits per heavy atom. The summed E-state index contributed by atoms with van der Waals surface area (Å²) in [5, 5.41) is 3.71. The number of nitrogens with zero attached hydrogens (tertiary/aromatic N) is 2. The first-order valence-corrected chi connectivity index (χ1v) is 15.6. The topological polar surface area (TPSA) is 86.8 Å². The van der Waals surface area contributed by atoms with Crippen LogP contribution in [0.1, 0.15) is 58.1 Å². The van der Waals surface area contributed by atoms with Gasteiger partial charge >= 0.3 is 0 Å². The number of hydrogen-bond acceptors (Lipinski definition) is 4. The Morgan fingerprint density at radius 2 is 1.61 bits per heavy atom. The van der Waals surface area contributed by atoms with Crippen LogP contribution in [0.15, 0.2) is 42.5 Å². The standard InChI is InChI=1S/C28H39Cl2N3O4S/c1-6-21-10-13-23(14-11-21)33(38(5,36)37)16-8-9-27(34)32(19-22-12-15-24(29)25(30)17-22)26(7-2)28(35)31-18-20(3)4/h10-15,17,20,26H,6-9,16,18-19H2,1-5H3,(H,31,35)/t26-/m0/s1. The number of carbonyl (C=O) groups is 2. The number of amides is 2. The van der Waals surface area contributed by atoms with Crippen molar-refractivity contribution in [3.8, 4) is 0 Å². The fourth-order valence-electron chi connectivity index (χ4n) is 4.08. The minimum Gasteiger partial charge on any atom is -0.354 e. The summed E-state index contributed by atoms with van der Waals surface area (Å²) in [7, 11) is -3.55. The van der Waals surface area contributed by atoms with Crippen LogP contribution in [0.25, 0.3) is 0 Å². The highest BCUT2D eigenvalue weighted by Crippen LogP contribution is 2.25. The van der Waals surface area contributed by atoms with Crippen molar-refractivity contribution in [1.82, 2.24) is 10.2 Å². The third-order valence-corrected chi connectivity index (χ3v) is 8.13. The van der Waals surface area contributed by atoms with Crippen molar-refractivity contribution in [3.63, 3.8) is 0 Å². The van der Waals surface area contributed by atoms with Gasteiger partial charge in [0.05, 0.1) is 22.0 Å². The number of hydrogen-bond donors (Lipinski definition) is 1. The van der Waals surface area contributed by atoms with Crippen LogP contribution in [-0.4, -0.2) is 50.5 Å². The zero-order valence-corrected chi connectivity index (χ0v) is 25.2. The summed E-state index contributed by atoms with van der Waals surface area (Å²) in [6, 6.07) is 11.8. The van der Waals surface area contributed by atoms with Gasteiger partial charge < -0.3 is 10.2 Å². The number of aryl methyl sites for hydroxylation is 1. The molecule has 0 spiro atoms. The Morgan fingerprint density at radius 3 is 2.13 bits per heavy atom. The van der Waals surface area contributed by atoms with Crippen molar-refractivity contribution in [2.45, 2.75) is 66.0 Å². The van der Waals surface area contributed by atoms with Gasteiger partial charge in [0.15, 0.2) is 0 Å². The third kappa shape index (κ3) is 9.47. The SMILES string of the molecule is CCc1ccc(N(CCCC(=O)N(Cc2ccc(Cl)c(Cl)c2)[C@@H](CC)C(=O)NCC(C)C)S(C)(=O)=O)cc1. The molecule has 0 bridgehead atoms.